The lowest BCUT2D eigenvalue weighted by atomic mass is 9.83. The summed E-state index contributed by atoms with van der Waals surface area (Å²) in [6, 6.07) is 11.2. The molecule has 1 aliphatic carbocycles. The van der Waals surface area contributed by atoms with E-state index in [4.69, 9.17) is 0 Å². The maximum atomic E-state index is 4.53. The number of para-hydroxylation sites is 1. The average molecular weight is 268 g/mol. The Morgan fingerprint density at radius 2 is 1.95 bits per heavy atom. The molecule has 0 bridgehead atoms. The van der Waals surface area contributed by atoms with Crippen LogP contribution in [0.1, 0.15) is 45.4 Å². The fourth-order valence-corrected chi connectivity index (χ4v) is 3.39. The third-order valence-electron chi connectivity index (χ3n) is 4.50. The van der Waals surface area contributed by atoms with E-state index in [1.165, 1.54) is 49.6 Å². The smallest absolute Gasteiger partial charge is 0.0703 e. The number of aromatic nitrogens is 1. The first kappa shape index (κ1) is 13.4. The van der Waals surface area contributed by atoms with E-state index >= 15 is 0 Å². The van der Waals surface area contributed by atoms with Gasteiger partial charge in [-0.15, -0.1) is 0 Å². The zero-order chi connectivity index (χ0) is 13.8. The molecule has 1 aromatic heterocycles. The lowest BCUT2D eigenvalue weighted by Gasteiger charge is -2.29. The van der Waals surface area contributed by atoms with Crippen LogP contribution in [0.3, 0.4) is 0 Å². The van der Waals surface area contributed by atoms with Crippen molar-refractivity contribution >= 4 is 16.6 Å². The molecular formula is C18H24N2. The van der Waals surface area contributed by atoms with Gasteiger partial charge >= 0.3 is 0 Å². The molecule has 3 rings (SSSR count). The average Bonchev–Trinajstić information content (AvgIpc) is 2.49. The normalized spacial score (nSPS) is 22.9. The van der Waals surface area contributed by atoms with E-state index in [0.29, 0.717) is 6.04 Å². The number of nitrogens with zero attached hydrogens (tertiary/aromatic N) is 1. The lowest BCUT2D eigenvalue weighted by molar-refractivity contribution is 0.319. The van der Waals surface area contributed by atoms with Gasteiger partial charge in [-0.3, -0.25) is 4.98 Å². The molecule has 0 saturated heterocycles. The molecule has 2 aromatic rings. The van der Waals surface area contributed by atoms with Crippen LogP contribution in [0, 0.1) is 5.92 Å². The van der Waals surface area contributed by atoms with Crippen LogP contribution in [0.5, 0.6) is 0 Å². The highest BCUT2D eigenvalue weighted by Crippen LogP contribution is 2.29. The first-order valence-electron chi connectivity index (χ1n) is 7.96. The van der Waals surface area contributed by atoms with Gasteiger partial charge < -0.3 is 5.32 Å². The molecule has 106 valence electrons. The van der Waals surface area contributed by atoms with Crippen LogP contribution in [0.15, 0.2) is 36.5 Å². The monoisotopic (exact) mass is 268 g/mol. The molecule has 1 aliphatic rings. The zero-order valence-electron chi connectivity index (χ0n) is 12.3. The Balaban J connectivity index is 1.62. The van der Waals surface area contributed by atoms with Crippen molar-refractivity contribution in [3.8, 4) is 0 Å². The summed E-state index contributed by atoms with van der Waals surface area (Å²) in [5.74, 6) is 0.966. The van der Waals surface area contributed by atoms with Gasteiger partial charge in [-0.25, -0.2) is 0 Å². The van der Waals surface area contributed by atoms with Gasteiger partial charge in [-0.2, -0.15) is 0 Å². The molecule has 0 aliphatic heterocycles. The highest BCUT2D eigenvalue weighted by molar-refractivity contribution is 5.81. The maximum absolute atomic E-state index is 4.53. The van der Waals surface area contributed by atoms with E-state index in [2.05, 4.69) is 41.5 Å². The topological polar surface area (TPSA) is 24.9 Å². The van der Waals surface area contributed by atoms with Crippen LogP contribution < -0.4 is 5.32 Å². The second kappa shape index (κ2) is 6.25. The molecule has 0 radical (unpaired) electrons. The molecule has 0 atom stereocenters. The summed E-state index contributed by atoms with van der Waals surface area (Å²) in [6.07, 6.45) is 10.1. The Labute approximate surface area is 121 Å². The van der Waals surface area contributed by atoms with E-state index in [-0.39, 0.29) is 0 Å². The van der Waals surface area contributed by atoms with Gasteiger partial charge in [0.1, 0.15) is 0 Å². The number of hydrogen-bond acceptors (Lipinski definition) is 2. The second-order valence-corrected chi connectivity index (χ2v) is 6.07. The standard InChI is InChI=1S/C18H24N2/c1-2-5-14-8-10-16(11-9-14)20-17-12-15-6-3-4-7-18(15)19-13-17/h3-4,6-7,12-14,16,20H,2,5,8-11H2,1H3. The van der Waals surface area contributed by atoms with Crippen molar-refractivity contribution in [2.75, 3.05) is 5.32 Å². The van der Waals surface area contributed by atoms with Crippen LogP contribution in [-0.2, 0) is 0 Å². The van der Waals surface area contributed by atoms with E-state index in [0.717, 1.165) is 11.4 Å². The van der Waals surface area contributed by atoms with Crippen molar-refractivity contribution in [2.45, 2.75) is 51.5 Å². The fraction of sp³-hybridized carbons (Fsp3) is 0.500. The van der Waals surface area contributed by atoms with Gasteiger partial charge in [0.25, 0.3) is 0 Å². The summed E-state index contributed by atoms with van der Waals surface area (Å²) in [7, 11) is 0. The Bertz CT molecular complexity index is 556. The molecule has 1 aromatic carbocycles. The van der Waals surface area contributed by atoms with Crippen molar-refractivity contribution < 1.29 is 0 Å². The van der Waals surface area contributed by atoms with Gasteiger partial charge in [0.15, 0.2) is 0 Å². The fourth-order valence-electron chi connectivity index (χ4n) is 3.39. The van der Waals surface area contributed by atoms with E-state index in [1.54, 1.807) is 0 Å². The number of nitrogens with one attached hydrogen (secondary N) is 1. The molecular weight excluding hydrogens is 244 g/mol. The molecule has 1 heterocycles. The SMILES string of the molecule is CCCC1CCC(Nc2cnc3ccccc3c2)CC1. The number of rotatable bonds is 4. The minimum Gasteiger partial charge on any atom is -0.381 e. The van der Waals surface area contributed by atoms with Gasteiger partial charge in [-0.05, 0) is 43.7 Å². The molecule has 1 N–H and O–H groups in total. The van der Waals surface area contributed by atoms with Gasteiger partial charge in [0.05, 0.1) is 17.4 Å². The maximum Gasteiger partial charge on any atom is 0.0703 e. The predicted molar refractivity (Wildman–Crippen MR) is 86.0 cm³/mol. The Morgan fingerprint density at radius 1 is 1.15 bits per heavy atom. The first-order chi connectivity index (χ1) is 9.85. The summed E-state index contributed by atoms with van der Waals surface area (Å²) in [6.45, 7) is 2.30. The lowest BCUT2D eigenvalue weighted by Crippen LogP contribution is -2.26. The van der Waals surface area contributed by atoms with Crippen molar-refractivity contribution in [2.24, 2.45) is 5.92 Å². The van der Waals surface area contributed by atoms with Crippen LogP contribution in [0.25, 0.3) is 10.9 Å². The van der Waals surface area contributed by atoms with E-state index < -0.39 is 0 Å². The molecule has 0 amide bonds. The summed E-state index contributed by atoms with van der Waals surface area (Å²) in [5.41, 5.74) is 2.24. The van der Waals surface area contributed by atoms with E-state index in [1.807, 2.05) is 12.3 Å². The predicted octanol–water partition coefficient (Wildman–Crippen LogP) is 5.01. The number of fused-ring (bicyclic) bond motifs is 1. The third-order valence-corrected chi connectivity index (χ3v) is 4.50. The number of benzene rings is 1. The molecule has 0 spiro atoms. The van der Waals surface area contributed by atoms with Crippen molar-refractivity contribution in [3.63, 3.8) is 0 Å². The molecule has 2 nitrogen and oxygen atoms in total. The summed E-state index contributed by atoms with van der Waals surface area (Å²) in [5, 5.41) is 4.89. The highest BCUT2D eigenvalue weighted by atomic mass is 14.9. The third kappa shape index (κ3) is 3.12. The van der Waals surface area contributed by atoms with Crippen LogP contribution >= 0.6 is 0 Å². The minimum absolute atomic E-state index is 0.631. The summed E-state index contributed by atoms with van der Waals surface area (Å²) in [4.78, 5) is 4.53. The zero-order valence-corrected chi connectivity index (χ0v) is 12.3. The van der Waals surface area contributed by atoms with Crippen molar-refractivity contribution in [1.29, 1.82) is 0 Å². The largest absolute Gasteiger partial charge is 0.381 e. The molecule has 1 fully saturated rings. The number of pyridine rings is 1. The number of anilines is 1. The van der Waals surface area contributed by atoms with Crippen molar-refractivity contribution in [1.82, 2.24) is 4.98 Å². The minimum atomic E-state index is 0.631. The van der Waals surface area contributed by atoms with Crippen LogP contribution in [0.4, 0.5) is 5.69 Å². The number of hydrogen-bond donors (Lipinski definition) is 1. The molecule has 20 heavy (non-hydrogen) atoms. The van der Waals surface area contributed by atoms with Crippen LogP contribution in [-0.4, -0.2) is 11.0 Å². The van der Waals surface area contributed by atoms with E-state index in [9.17, 15) is 0 Å². The van der Waals surface area contributed by atoms with Crippen LogP contribution in [0.2, 0.25) is 0 Å². The summed E-state index contributed by atoms with van der Waals surface area (Å²) >= 11 is 0. The quantitative estimate of drug-likeness (QED) is 0.843. The van der Waals surface area contributed by atoms with Gasteiger partial charge in [-0.1, -0.05) is 38.0 Å². The first-order valence-corrected chi connectivity index (χ1v) is 7.96. The van der Waals surface area contributed by atoms with Gasteiger partial charge in [0.2, 0.25) is 0 Å². The Hall–Kier alpha value is -1.57. The van der Waals surface area contributed by atoms with Crippen molar-refractivity contribution in [3.05, 3.63) is 36.5 Å². The molecule has 0 unspecified atom stereocenters. The molecule has 2 heteroatoms. The highest BCUT2D eigenvalue weighted by Gasteiger charge is 2.20. The Morgan fingerprint density at radius 3 is 2.75 bits per heavy atom. The Kier molecular flexibility index (Phi) is 4.19. The molecule has 1 saturated carbocycles. The summed E-state index contributed by atoms with van der Waals surface area (Å²) < 4.78 is 0. The van der Waals surface area contributed by atoms with Gasteiger partial charge in [0, 0.05) is 11.4 Å². The second-order valence-electron chi connectivity index (χ2n) is 6.07.